The van der Waals surface area contributed by atoms with Gasteiger partial charge in [0.25, 0.3) is 0 Å². The minimum atomic E-state index is 0. The van der Waals surface area contributed by atoms with Crippen LogP contribution in [0.4, 0.5) is 0 Å². The molecular formula is C4H9Br3Zr. The van der Waals surface area contributed by atoms with Gasteiger partial charge in [0.05, 0.1) is 0 Å². The molecule has 0 radical (unpaired) electrons. The molecule has 0 fully saturated rings. The van der Waals surface area contributed by atoms with Gasteiger partial charge in [0.2, 0.25) is 0 Å². The van der Waals surface area contributed by atoms with E-state index in [1.807, 2.05) is 0 Å². The van der Waals surface area contributed by atoms with Crippen molar-refractivity contribution in [1.29, 1.82) is 0 Å². The molecule has 0 aromatic rings. The Labute approximate surface area is 103 Å². The van der Waals surface area contributed by atoms with Crippen LogP contribution in [0.15, 0.2) is 0 Å². The Hall–Kier alpha value is 2.32. The predicted molar refractivity (Wildman–Crippen MR) is 20.3 cm³/mol. The Kier molecular flexibility index (Phi) is 137. The summed E-state index contributed by atoms with van der Waals surface area (Å²) in [5, 5.41) is 0. The van der Waals surface area contributed by atoms with Gasteiger partial charge in [-0.3, -0.25) is 0 Å². The molecule has 0 nitrogen and oxygen atoms in total. The minimum Gasteiger partial charge on any atom is -1.00 e. The Bertz CT molecular complexity index is 13.2. The van der Waals surface area contributed by atoms with Crippen molar-refractivity contribution in [3.63, 3.8) is 0 Å². The third-order valence-electron chi connectivity index (χ3n) is 0.354. The summed E-state index contributed by atoms with van der Waals surface area (Å²) in [6.45, 7) is 5.72. The first kappa shape index (κ1) is 31.7. The standard InChI is InChI=1S/C4H9.3BrH.Zr/c1-3-4-2;;;;/h1,3-4H2,2H3;3*1H;/q-1;;;;+4/p-3. The van der Waals surface area contributed by atoms with E-state index in [4.69, 9.17) is 0 Å². The minimum absolute atomic E-state index is 0. The van der Waals surface area contributed by atoms with E-state index in [0.717, 1.165) is 6.42 Å². The van der Waals surface area contributed by atoms with Crippen LogP contribution in [0.1, 0.15) is 19.8 Å². The Morgan fingerprint density at radius 3 is 1.25 bits per heavy atom. The molecular weight excluding hydrogens is 379 g/mol. The Balaban J connectivity index is -0.00000000750. The maximum Gasteiger partial charge on any atom is 4.00 e. The van der Waals surface area contributed by atoms with E-state index in [-0.39, 0.29) is 77.1 Å². The van der Waals surface area contributed by atoms with Crippen LogP contribution in [0.3, 0.4) is 0 Å². The van der Waals surface area contributed by atoms with E-state index >= 15 is 0 Å². The molecule has 0 aliphatic carbocycles. The van der Waals surface area contributed by atoms with Gasteiger partial charge in [0, 0.05) is 0 Å². The number of rotatable bonds is 1. The van der Waals surface area contributed by atoms with Gasteiger partial charge < -0.3 is 57.9 Å². The summed E-state index contributed by atoms with van der Waals surface area (Å²) in [7, 11) is 0. The van der Waals surface area contributed by atoms with Gasteiger partial charge in [0.15, 0.2) is 0 Å². The Morgan fingerprint density at radius 1 is 1.12 bits per heavy atom. The number of unbranched alkanes of at least 4 members (excludes halogenated alkanes) is 1. The first-order chi connectivity index (χ1) is 1.91. The molecule has 0 saturated carbocycles. The fourth-order valence-electron chi connectivity index (χ4n) is 0. The van der Waals surface area contributed by atoms with E-state index in [0.29, 0.717) is 0 Å². The molecule has 0 N–H and O–H groups in total. The molecule has 0 aromatic carbocycles. The molecule has 0 saturated heterocycles. The molecule has 50 valence electrons. The zero-order chi connectivity index (χ0) is 3.41. The van der Waals surface area contributed by atoms with Crippen LogP contribution in [-0.4, -0.2) is 0 Å². The second kappa shape index (κ2) is 34.6. The van der Waals surface area contributed by atoms with Crippen molar-refractivity contribution in [3.05, 3.63) is 6.92 Å². The van der Waals surface area contributed by atoms with Crippen molar-refractivity contribution < 1.29 is 77.1 Å². The van der Waals surface area contributed by atoms with Gasteiger partial charge in [-0.1, -0.05) is 13.3 Å². The zero-order valence-corrected chi connectivity index (χ0v) is 12.0. The van der Waals surface area contributed by atoms with Crippen LogP contribution in [0.5, 0.6) is 0 Å². The summed E-state index contributed by atoms with van der Waals surface area (Å²) < 4.78 is 0. The second-order valence-corrected chi connectivity index (χ2v) is 0.854. The zero-order valence-electron chi connectivity index (χ0n) is 4.76. The fraction of sp³-hybridized carbons (Fsp3) is 0.750. The van der Waals surface area contributed by atoms with Crippen molar-refractivity contribution in [2.24, 2.45) is 0 Å². The Morgan fingerprint density at radius 2 is 1.25 bits per heavy atom. The van der Waals surface area contributed by atoms with E-state index in [9.17, 15) is 0 Å². The van der Waals surface area contributed by atoms with Gasteiger partial charge in [-0.2, -0.15) is 6.42 Å². The summed E-state index contributed by atoms with van der Waals surface area (Å²) in [4.78, 5) is 0. The second-order valence-electron chi connectivity index (χ2n) is 0.854. The van der Waals surface area contributed by atoms with E-state index < -0.39 is 0 Å². The largest absolute Gasteiger partial charge is 4.00 e. The smallest absolute Gasteiger partial charge is 1.00 e. The van der Waals surface area contributed by atoms with Gasteiger partial charge in [-0.05, 0) is 0 Å². The van der Waals surface area contributed by atoms with Crippen LogP contribution in [-0.2, 0) is 26.2 Å². The monoisotopic (exact) mass is 384 g/mol. The molecule has 0 atom stereocenters. The molecule has 0 spiro atoms. The predicted octanol–water partition coefficient (Wildman–Crippen LogP) is -7.37. The van der Waals surface area contributed by atoms with Crippen LogP contribution in [0, 0.1) is 6.92 Å². The molecule has 8 heavy (non-hydrogen) atoms. The maximum absolute atomic E-state index is 3.60. The van der Waals surface area contributed by atoms with Crippen molar-refractivity contribution in [3.8, 4) is 0 Å². The molecule has 4 heteroatoms. The molecule has 0 heterocycles. The molecule has 0 bridgehead atoms. The summed E-state index contributed by atoms with van der Waals surface area (Å²) in [5.74, 6) is 0. The molecule has 0 aromatic heterocycles. The normalized spacial score (nSPS) is 3.75. The van der Waals surface area contributed by atoms with Crippen molar-refractivity contribution in [1.82, 2.24) is 0 Å². The molecule has 0 amide bonds. The SMILES string of the molecule is [Br-].[Br-].[Br-].[CH2-]CCC.[Zr+4]. The van der Waals surface area contributed by atoms with Crippen molar-refractivity contribution in [2.45, 2.75) is 19.8 Å². The number of hydrogen-bond donors (Lipinski definition) is 0. The van der Waals surface area contributed by atoms with Crippen LogP contribution in [0.25, 0.3) is 0 Å². The summed E-state index contributed by atoms with van der Waals surface area (Å²) >= 11 is 0. The average molecular weight is 388 g/mol. The van der Waals surface area contributed by atoms with Gasteiger partial charge in [-0.15, -0.1) is 0 Å². The van der Waals surface area contributed by atoms with Crippen molar-refractivity contribution in [2.75, 3.05) is 0 Å². The third-order valence-corrected chi connectivity index (χ3v) is 0.354. The summed E-state index contributed by atoms with van der Waals surface area (Å²) in [6.07, 6.45) is 2.28. The topological polar surface area (TPSA) is 0 Å². The van der Waals surface area contributed by atoms with Crippen LogP contribution < -0.4 is 50.9 Å². The van der Waals surface area contributed by atoms with Gasteiger partial charge in [-0.25, -0.2) is 0 Å². The van der Waals surface area contributed by atoms with E-state index in [1.54, 1.807) is 0 Å². The number of hydrogen-bond acceptors (Lipinski definition) is 0. The summed E-state index contributed by atoms with van der Waals surface area (Å²) in [5.41, 5.74) is 0. The van der Waals surface area contributed by atoms with E-state index in [2.05, 4.69) is 13.8 Å². The molecule has 0 rings (SSSR count). The van der Waals surface area contributed by atoms with Crippen molar-refractivity contribution >= 4 is 0 Å². The quantitative estimate of drug-likeness (QED) is 0.392. The first-order valence-corrected chi connectivity index (χ1v) is 1.71. The number of halogens is 3. The van der Waals surface area contributed by atoms with Crippen LogP contribution >= 0.6 is 0 Å². The average Bonchev–Trinajstić information content (AvgIpc) is 1.37. The molecule has 0 aliphatic heterocycles. The fourth-order valence-corrected chi connectivity index (χ4v) is 0. The molecule has 0 unspecified atom stereocenters. The molecule has 0 aliphatic rings. The third kappa shape index (κ3) is 40.4. The van der Waals surface area contributed by atoms with Gasteiger partial charge in [0.1, 0.15) is 0 Å². The van der Waals surface area contributed by atoms with Crippen LogP contribution in [0.2, 0.25) is 0 Å². The van der Waals surface area contributed by atoms with Gasteiger partial charge >= 0.3 is 26.2 Å². The maximum atomic E-state index is 3.60. The summed E-state index contributed by atoms with van der Waals surface area (Å²) in [6, 6.07) is 0. The first-order valence-electron chi connectivity index (χ1n) is 1.71. The van der Waals surface area contributed by atoms with E-state index in [1.165, 1.54) is 6.42 Å².